The number of halogens is 1. The van der Waals surface area contributed by atoms with Crippen molar-refractivity contribution in [1.29, 1.82) is 0 Å². The third-order valence-corrected chi connectivity index (χ3v) is 2.51. The van der Waals surface area contributed by atoms with Gasteiger partial charge in [-0.1, -0.05) is 35.5 Å². The lowest BCUT2D eigenvalue weighted by Gasteiger charge is -2.13. The summed E-state index contributed by atoms with van der Waals surface area (Å²) in [6.45, 7) is 2.74. The maximum atomic E-state index is 8.61. The fourth-order valence-corrected chi connectivity index (χ4v) is 1.76. The molecule has 0 unspecified atom stereocenters. The quantitative estimate of drug-likeness (QED) is 0.620. The summed E-state index contributed by atoms with van der Waals surface area (Å²) in [5.41, 5.74) is 2.20. The minimum absolute atomic E-state index is 0. The van der Waals surface area contributed by atoms with E-state index >= 15 is 0 Å². The van der Waals surface area contributed by atoms with Gasteiger partial charge in [0.15, 0.2) is 0 Å². The summed E-state index contributed by atoms with van der Waals surface area (Å²) in [5.74, 6) is 0. The van der Waals surface area contributed by atoms with Crippen molar-refractivity contribution < 1.29 is 5.21 Å². The van der Waals surface area contributed by atoms with Crippen LogP contribution in [0.3, 0.4) is 0 Å². The molecule has 1 heterocycles. The molecule has 1 N–H and O–H groups in total. The lowest BCUT2D eigenvalue weighted by atomic mass is 10.2. The minimum Gasteiger partial charge on any atom is -0.411 e. The Bertz CT molecular complexity index is 327. The third kappa shape index (κ3) is 3.22. The molecule has 0 amide bonds. The molecule has 0 spiro atoms. The summed E-state index contributed by atoms with van der Waals surface area (Å²) >= 11 is 0. The van der Waals surface area contributed by atoms with Crippen LogP contribution >= 0.6 is 12.4 Å². The SMILES string of the molecule is Cl.ON=C1CCN(Cc2ccccc2)C1. The molecule has 0 radical (unpaired) electrons. The van der Waals surface area contributed by atoms with Crippen LogP contribution in [0.5, 0.6) is 0 Å². The second kappa shape index (κ2) is 5.73. The predicted octanol–water partition coefficient (Wildman–Crippen LogP) is 2.14. The first-order valence-electron chi connectivity index (χ1n) is 4.84. The molecular weight excluding hydrogens is 212 g/mol. The van der Waals surface area contributed by atoms with Crippen LogP contribution in [0.25, 0.3) is 0 Å². The Morgan fingerprint density at radius 1 is 1.27 bits per heavy atom. The van der Waals surface area contributed by atoms with Gasteiger partial charge in [0.25, 0.3) is 0 Å². The highest BCUT2D eigenvalue weighted by atomic mass is 35.5. The maximum absolute atomic E-state index is 8.61. The number of nitrogens with zero attached hydrogens (tertiary/aromatic N) is 2. The highest BCUT2D eigenvalue weighted by Crippen LogP contribution is 2.10. The molecule has 0 aromatic heterocycles. The summed E-state index contributed by atoms with van der Waals surface area (Å²) in [7, 11) is 0. The molecule has 3 nitrogen and oxygen atoms in total. The Hall–Kier alpha value is -1.06. The molecule has 2 rings (SSSR count). The van der Waals surface area contributed by atoms with Crippen LogP contribution in [0.1, 0.15) is 12.0 Å². The number of benzene rings is 1. The fourth-order valence-electron chi connectivity index (χ4n) is 1.76. The van der Waals surface area contributed by atoms with Crippen LogP contribution in [0.2, 0.25) is 0 Å². The van der Waals surface area contributed by atoms with Crippen LogP contribution in [-0.4, -0.2) is 28.9 Å². The second-order valence-electron chi connectivity index (χ2n) is 3.61. The molecule has 0 atom stereocenters. The molecule has 0 saturated carbocycles. The van der Waals surface area contributed by atoms with Gasteiger partial charge >= 0.3 is 0 Å². The van der Waals surface area contributed by atoms with E-state index in [2.05, 4.69) is 22.2 Å². The van der Waals surface area contributed by atoms with E-state index in [1.54, 1.807) is 0 Å². The first-order chi connectivity index (χ1) is 6.88. The van der Waals surface area contributed by atoms with Crippen LogP contribution < -0.4 is 0 Å². The molecule has 0 aliphatic carbocycles. The largest absolute Gasteiger partial charge is 0.411 e. The van der Waals surface area contributed by atoms with E-state index in [1.807, 2.05) is 18.2 Å². The van der Waals surface area contributed by atoms with Crippen LogP contribution in [0.4, 0.5) is 0 Å². The van der Waals surface area contributed by atoms with E-state index in [-0.39, 0.29) is 12.4 Å². The number of hydrogen-bond acceptors (Lipinski definition) is 3. The molecule has 4 heteroatoms. The minimum atomic E-state index is 0. The molecular formula is C11H15ClN2O. The van der Waals surface area contributed by atoms with Gasteiger partial charge in [0.1, 0.15) is 0 Å². The monoisotopic (exact) mass is 226 g/mol. The van der Waals surface area contributed by atoms with Crippen LogP contribution in [-0.2, 0) is 6.54 Å². The Morgan fingerprint density at radius 3 is 2.60 bits per heavy atom. The zero-order chi connectivity index (χ0) is 9.80. The summed E-state index contributed by atoms with van der Waals surface area (Å²) in [4.78, 5) is 2.28. The van der Waals surface area contributed by atoms with Crippen molar-refractivity contribution in [3.8, 4) is 0 Å². The molecule has 1 aromatic carbocycles. The molecule has 0 bridgehead atoms. The average molecular weight is 227 g/mol. The topological polar surface area (TPSA) is 35.8 Å². The Morgan fingerprint density at radius 2 is 2.00 bits per heavy atom. The maximum Gasteiger partial charge on any atom is 0.0723 e. The fraction of sp³-hybridized carbons (Fsp3) is 0.364. The number of oxime groups is 1. The number of hydrogen-bond donors (Lipinski definition) is 1. The van der Waals surface area contributed by atoms with E-state index in [0.717, 1.165) is 31.8 Å². The van der Waals surface area contributed by atoms with E-state index in [4.69, 9.17) is 5.21 Å². The van der Waals surface area contributed by atoms with Gasteiger partial charge in [-0.15, -0.1) is 12.4 Å². The van der Waals surface area contributed by atoms with Crippen molar-refractivity contribution in [2.45, 2.75) is 13.0 Å². The van der Waals surface area contributed by atoms with Crippen LogP contribution in [0.15, 0.2) is 35.5 Å². The molecule has 1 aromatic rings. The third-order valence-electron chi connectivity index (χ3n) is 2.51. The van der Waals surface area contributed by atoms with E-state index in [0.29, 0.717) is 0 Å². The molecule has 1 aliphatic heterocycles. The number of likely N-dealkylation sites (tertiary alicyclic amines) is 1. The van der Waals surface area contributed by atoms with E-state index in [9.17, 15) is 0 Å². The van der Waals surface area contributed by atoms with Gasteiger partial charge in [0.05, 0.1) is 5.71 Å². The zero-order valence-electron chi connectivity index (χ0n) is 8.47. The molecule has 15 heavy (non-hydrogen) atoms. The molecule has 82 valence electrons. The standard InChI is InChI=1S/C11H14N2O.ClH/c14-12-11-6-7-13(9-11)8-10-4-2-1-3-5-10;/h1-5,14H,6-9H2;1H. The van der Waals surface area contributed by atoms with Gasteiger partial charge in [-0.3, -0.25) is 4.90 Å². The summed E-state index contributed by atoms with van der Waals surface area (Å²) < 4.78 is 0. The Balaban J connectivity index is 0.00000112. The van der Waals surface area contributed by atoms with Crippen molar-refractivity contribution in [3.05, 3.63) is 35.9 Å². The van der Waals surface area contributed by atoms with Crippen molar-refractivity contribution in [1.82, 2.24) is 4.90 Å². The Labute approximate surface area is 95.8 Å². The van der Waals surface area contributed by atoms with Crippen molar-refractivity contribution in [3.63, 3.8) is 0 Å². The summed E-state index contributed by atoms with van der Waals surface area (Å²) in [5, 5.41) is 11.9. The highest BCUT2D eigenvalue weighted by Gasteiger charge is 2.17. The number of rotatable bonds is 2. The summed E-state index contributed by atoms with van der Waals surface area (Å²) in [6, 6.07) is 10.4. The highest BCUT2D eigenvalue weighted by molar-refractivity contribution is 5.87. The zero-order valence-corrected chi connectivity index (χ0v) is 9.28. The van der Waals surface area contributed by atoms with Gasteiger partial charge in [-0.05, 0) is 5.56 Å². The smallest absolute Gasteiger partial charge is 0.0723 e. The Kier molecular flexibility index (Phi) is 4.59. The molecule has 1 fully saturated rings. The average Bonchev–Trinajstić information content (AvgIpc) is 2.67. The predicted molar refractivity (Wildman–Crippen MR) is 62.8 cm³/mol. The second-order valence-corrected chi connectivity index (χ2v) is 3.61. The van der Waals surface area contributed by atoms with Gasteiger partial charge < -0.3 is 5.21 Å². The summed E-state index contributed by atoms with van der Waals surface area (Å²) in [6.07, 6.45) is 0.892. The van der Waals surface area contributed by atoms with Gasteiger partial charge in [-0.2, -0.15) is 0 Å². The van der Waals surface area contributed by atoms with E-state index < -0.39 is 0 Å². The van der Waals surface area contributed by atoms with Crippen molar-refractivity contribution in [2.75, 3.05) is 13.1 Å². The van der Waals surface area contributed by atoms with Gasteiger partial charge in [0, 0.05) is 26.1 Å². The van der Waals surface area contributed by atoms with E-state index in [1.165, 1.54) is 5.56 Å². The first-order valence-corrected chi connectivity index (χ1v) is 4.84. The van der Waals surface area contributed by atoms with Gasteiger partial charge in [-0.25, -0.2) is 0 Å². The first kappa shape index (κ1) is 12.0. The molecule has 1 saturated heterocycles. The van der Waals surface area contributed by atoms with Crippen molar-refractivity contribution >= 4 is 18.1 Å². The normalized spacial score (nSPS) is 19.1. The van der Waals surface area contributed by atoms with Crippen molar-refractivity contribution in [2.24, 2.45) is 5.16 Å². The lowest BCUT2D eigenvalue weighted by molar-refractivity contribution is 0.313. The molecule has 1 aliphatic rings. The lowest BCUT2D eigenvalue weighted by Crippen LogP contribution is -2.19. The van der Waals surface area contributed by atoms with Gasteiger partial charge in [0.2, 0.25) is 0 Å². The van der Waals surface area contributed by atoms with Crippen LogP contribution in [0, 0.1) is 0 Å².